The van der Waals surface area contributed by atoms with E-state index in [0.717, 1.165) is 0 Å². The van der Waals surface area contributed by atoms with Gasteiger partial charge in [0.15, 0.2) is 0 Å². The maximum absolute atomic E-state index is 12.4. The lowest BCUT2D eigenvalue weighted by Gasteiger charge is -2.15. The highest BCUT2D eigenvalue weighted by molar-refractivity contribution is 6.02. The number of hydrogen-bond donors (Lipinski definition) is 1. The van der Waals surface area contributed by atoms with Crippen molar-refractivity contribution in [2.75, 3.05) is 6.54 Å². The zero-order valence-electron chi connectivity index (χ0n) is 5.76. The number of urea groups is 1. The average Bonchev–Trinajstić information content (AvgIpc) is 2.30. The van der Waals surface area contributed by atoms with E-state index >= 15 is 0 Å². The molecule has 12 heavy (non-hydrogen) atoms. The summed E-state index contributed by atoms with van der Waals surface area (Å²) in [5, 5.41) is 1.92. The van der Waals surface area contributed by atoms with Crippen molar-refractivity contribution in [1.82, 2.24) is 10.2 Å². The molecule has 1 aliphatic heterocycles. The summed E-state index contributed by atoms with van der Waals surface area (Å²) < 4.78 is 35.8. The van der Waals surface area contributed by atoms with Crippen LogP contribution in [0.3, 0.4) is 0 Å². The van der Waals surface area contributed by atoms with Crippen LogP contribution in [0, 0.1) is 0 Å². The first-order valence-corrected chi connectivity index (χ1v) is 3.06. The van der Waals surface area contributed by atoms with Crippen LogP contribution >= 0.6 is 0 Å². The highest BCUT2D eigenvalue weighted by Gasteiger charge is 2.39. The van der Waals surface area contributed by atoms with Gasteiger partial charge in [0.25, 0.3) is 12.3 Å². The van der Waals surface area contributed by atoms with Gasteiger partial charge in [-0.1, -0.05) is 0 Å². The molecule has 0 spiro atoms. The normalized spacial score (nSPS) is 20.2. The number of carbonyl (C=O) groups excluding carboxylic acids is 2. The number of alkyl halides is 3. The van der Waals surface area contributed by atoms with Gasteiger partial charge in [0.1, 0.15) is 0 Å². The van der Waals surface area contributed by atoms with E-state index in [1.54, 1.807) is 0 Å². The van der Waals surface area contributed by atoms with E-state index in [1.165, 1.54) is 0 Å². The van der Waals surface area contributed by atoms with Gasteiger partial charge in [0.2, 0.25) is 6.30 Å². The standard InChI is InChI=1S/C5H5F3N2O2/c6-3(7)4(8)10-2(11)1-9-5(10)12/h3-4H,1H2,(H,9,12). The average molecular weight is 182 g/mol. The molecule has 3 amide bonds. The minimum atomic E-state index is -3.36. The van der Waals surface area contributed by atoms with Crippen molar-refractivity contribution in [3.05, 3.63) is 0 Å². The molecule has 1 saturated heterocycles. The summed E-state index contributed by atoms with van der Waals surface area (Å²) in [6.07, 6.45) is -6.21. The van der Waals surface area contributed by atoms with Crippen molar-refractivity contribution < 1.29 is 22.8 Å². The maximum Gasteiger partial charge on any atom is 0.327 e. The van der Waals surface area contributed by atoms with Gasteiger partial charge in [-0.15, -0.1) is 0 Å². The van der Waals surface area contributed by atoms with Crippen molar-refractivity contribution in [1.29, 1.82) is 0 Å². The smallest absolute Gasteiger partial charge is 0.327 e. The highest BCUT2D eigenvalue weighted by atomic mass is 19.3. The maximum atomic E-state index is 12.4. The third kappa shape index (κ3) is 1.34. The first-order chi connectivity index (χ1) is 5.54. The van der Waals surface area contributed by atoms with Gasteiger partial charge in [0.05, 0.1) is 6.54 Å². The Labute approximate surface area is 65.3 Å². The van der Waals surface area contributed by atoms with Crippen molar-refractivity contribution in [3.8, 4) is 0 Å². The zero-order chi connectivity index (χ0) is 9.30. The van der Waals surface area contributed by atoms with Crippen LogP contribution in [0.4, 0.5) is 18.0 Å². The predicted octanol–water partition coefficient (Wildman–Crippen LogP) is 0.0989. The minimum absolute atomic E-state index is 0.120. The second kappa shape index (κ2) is 3.00. The number of rotatable bonds is 2. The molecule has 1 heterocycles. The Morgan fingerprint density at radius 1 is 1.33 bits per heavy atom. The molecule has 0 saturated carbocycles. The quantitative estimate of drug-likeness (QED) is 0.486. The van der Waals surface area contributed by atoms with E-state index < -0.39 is 31.2 Å². The van der Waals surface area contributed by atoms with Crippen LogP contribution < -0.4 is 5.32 Å². The third-order valence-corrected chi connectivity index (χ3v) is 1.33. The molecule has 1 rings (SSSR count). The number of imide groups is 1. The molecule has 0 aromatic heterocycles. The van der Waals surface area contributed by atoms with E-state index in [4.69, 9.17) is 0 Å². The predicted molar refractivity (Wildman–Crippen MR) is 31.1 cm³/mol. The lowest BCUT2D eigenvalue weighted by atomic mass is 10.5. The molecule has 0 radical (unpaired) electrons. The second-order valence-corrected chi connectivity index (χ2v) is 2.13. The highest BCUT2D eigenvalue weighted by Crippen LogP contribution is 2.14. The molecule has 7 heteroatoms. The molecule has 4 nitrogen and oxygen atoms in total. The Morgan fingerprint density at radius 2 is 1.92 bits per heavy atom. The van der Waals surface area contributed by atoms with Crippen molar-refractivity contribution in [2.45, 2.75) is 12.7 Å². The van der Waals surface area contributed by atoms with Gasteiger partial charge in [-0.3, -0.25) is 4.79 Å². The summed E-state index contributed by atoms with van der Waals surface area (Å²) >= 11 is 0. The molecule has 0 aliphatic carbocycles. The summed E-state index contributed by atoms with van der Waals surface area (Å²) in [5.41, 5.74) is 0. The van der Waals surface area contributed by atoms with Crippen LogP contribution in [0.25, 0.3) is 0 Å². The topological polar surface area (TPSA) is 49.4 Å². The van der Waals surface area contributed by atoms with E-state index in [2.05, 4.69) is 0 Å². The van der Waals surface area contributed by atoms with Crippen LogP contribution in [0.5, 0.6) is 0 Å². The lowest BCUT2D eigenvalue weighted by molar-refractivity contribution is -0.134. The largest absolute Gasteiger partial charge is 0.328 e. The van der Waals surface area contributed by atoms with Crippen LogP contribution in [-0.2, 0) is 4.79 Å². The molecule has 0 aromatic carbocycles. The van der Waals surface area contributed by atoms with E-state index in [-0.39, 0.29) is 4.90 Å². The SMILES string of the molecule is O=C1CNC(=O)N1C(F)C(F)F. The summed E-state index contributed by atoms with van der Waals surface area (Å²) in [6, 6.07) is -1.12. The molecule has 1 unspecified atom stereocenters. The van der Waals surface area contributed by atoms with Gasteiger partial charge in [-0.05, 0) is 0 Å². The number of amides is 3. The Bertz CT molecular complexity index is 205. The molecule has 1 aliphatic rings. The lowest BCUT2D eigenvalue weighted by Crippen LogP contribution is -2.41. The summed E-state index contributed by atoms with van der Waals surface area (Å²) in [4.78, 5) is 21.0. The summed E-state index contributed by atoms with van der Waals surface area (Å²) in [5.74, 6) is -0.979. The first kappa shape index (κ1) is 8.82. The third-order valence-electron chi connectivity index (χ3n) is 1.33. The summed E-state index contributed by atoms with van der Waals surface area (Å²) in [7, 11) is 0. The number of hydrogen-bond acceptors (Lipinski definition) is 2. The molecule has 1 atom stereocenters. The fourth-order valence-electron chi connectivity index (χ4n) is 0.797. The number of carbonyl (C=O) groups is 2. The molecule has 1 N–H and O–H groups in total. The van der Waals surface area contributed by atoms with Gasteiger partial charge in [-0.25, -0.2) is 22.9 Å². The molecule has 0 bridgehead atoms. The van der Waals surface area contributed by atoms with Gasteiger partial charge < -0.3 is 5.32 Å². The van der Waals surface area contributed by atoms with E-state index in [0.29, 0.717) is 0 Å². The zero-order valence-corrected chi connectivity index (χ0v) is 5.76. The van der Waals surface area contributed by atoms with Gasteiger partial charge >= 0.3 is 6.03 Å². The van der Waals surface area contributed by atoms with Crippen LogP contribution in [0.15, 0.2) is 0 Å². The fraction of sp³-hybridized carbons (Fsp3) is 0.600. The Balaban J connectivity index is 2.72. The van der Waals surface area contributed by atoms with Crippen LogP contribution in [-0.4, -0.2) is 36.1 Å². The number of halogens is 3. The second-order valence-electron chi connectivity index (χ2n) is 2.13. The molecule has 1 fully saturated rings. The molecular formula is C5H5F3N2O2. The van der Waals surface area contributed by atoms with Crippen LogP contribution in [0.2, 0.25) is 0 Å². The first-order valence-electron chi connectivity index (χ1n) is 3.06. The minimum Gasteiger partial charge on any atom is -0.328 e. The van der Waals surface area contributed by atoms with Crippen molar-refractivity contribution >= 4 is 11.9 Å². The number of nitrogens with one attached hydrogen (secondary N) is 1. The van der Waals surface area contributed by atoms with Gasteiger partial charge in [-0.2, -0.15) is 0 Å². The Hall–Kier alpha value is -1.27. The summed E-state index contributed by atoms with van der Waals surface area (Å²) in [6.45, 7) is -0.425. The molecular weight excluding hydrogens is 177 g/mol. The Morgan fingerprint density at radius 3 is 2.25 bits per heavy atom. The molecule has 0 aromatic rings. The van der Waals surface area contributed by atoms with E-state index in [1.807, 2.05) is 5.32 Å². The Kier molecular flexibility index (Phi) is 2.20. The van der Waals surface area contributed by atoms with Gasteiger partial charge in [0, 0.05) is 0 Å². The van der Waals surface area contributed by atoms with Crippen molar-refractivity contribution in [2.24, 2.45) is 0 Å². The van der Waals surface area contributed by atoms with Crippen LogP contribution in [0.1, 0.15) is 0 Å². The number of nitrogens with zero attached hydrogens (tertiary/aromatic N) is 1. The van der Waals surface area contributed by atoms with E-state index in [9.17, 15) is 22.8 Å². The van der Waals surface area contributed by atoms with Crippen molar-refractivity contribution in [3.63, 3.8) is 0 Å². The monoisotopic (exact) mass is 182 g/mol. The fourth-order valence-corrected chi connectivity index (χ4v) is 0.797. The molecule has 68 valence electrons.